The molecule has 20 nitrogen and oxygen atoms in total. The fourth-order valence-electron chi connectivity index (χ4n) is 13.5. The summed E-state index contributed by atoms with van der Waals surface area (Å²) in [6.45, 7) is 17.7. The lowest BCUT2D eigenvalue weighted by Gasteiger charge is -2.35. The summed E-state index contributed by atoms with van der Waals surface area (Å²) in [7, 11) is 0.304. The minimum absolute atomic E-state index is 0.0400. The van der Waals surface area contributed by atoms with Crippen LogP contribution in [0.5, 0.6) is 23.0 Å². The van der Waals surface area contributed by atoms with Crippen LogP contribution in [0.15, 0.2) is 220 Å². The molecule has 12 aromatic rings. The number of benzene rings is 9. The summed E-state index contributed by atoms with van der Waals surface area (Å²) < 4.78 is 46.5. The molecule has 3 amide bonds. The molecule has 28 heteroatoms. The molecule has 0 unspecified atom stereocenters. The summed E-state index contributed by atoms with van der Waals surface area (Å²) in [5.41, 5.74) is 6.44. The molecule has 0 atom stereocenters. The van der Waals surface area contributed by atoms with Crippen LogP contribution in [0.3, 0.4) is 0 Å². The maximum atomic E-state index is 14.8. The molecule has 6 heterocycles. The zero-order valence-electron chi connectivity index (χ0n) is 60.3. The molecular weight excluding hydrogens is 1510 g/mol. The Hall–Kier alpha value is -11.8. The molecule has 569 valence electrons. The summed E-state index contributed by atoms with van der Waals surface area (Å²) in [5, 5.41) is 71.8. The van der Waals surface area contributed by atoms with Crippen molar-refractivity contribution in [1.29, 1.82) is 0 Å². The van der Waals surface area contributed by atoms with Crippen molar-refractivity contribution in [3.63, 3.8) is 0 Å². The van der Waals surface area contributed by atoms with Crippen LogP contribution in [0.25, 0.3) is 54.6 Å². The van der Waals surface area contributed by atoms with Crippen molar-refractivity contribution < 1.29 is 52.6 Å². The fourth-order valence-corrected chi connectivity index (χ4v) is 14.3. The van der Waals surface area contributed by atoms with Crippen molar-refractivity contribution in [2.45, 2.75) is 19.3 Å². The van der Waals surface area contributed by atoms with Crippen molar-refractivity contribution in [3.8, 4) is 45.3 Å². The van der Waals surface area contributed by atoms with Crippen LogP contribution in [0, 0.1) is 17.5 Å². The lowest BCUT2D eigenvalue weighted by Crippen LogP contribution is -2.48. The Morgan fingerprint density at radius 1 is 0.384 bits per heavy atom. The van der Waals surface area contributed by atoms with Gasteiger partial charge < -0.3 is 54.4 Å². The number of aromatic nitrogens is 6. The van der Waals surface area contributed by atoms with E-state index in [0.29, 0.717) is 154 Å². The Balaban J connectivity index is 0.000000146. The molecule has 0 aliphatic carbocycles. The molecule has 9 aromatic carbocycles. The maximum Gasteiger partial charge on any atom is 0.569 e. The number of piperazine rings is 3. The van der Waals surface area contributed by atoms with E-state index < -0.39 is 17.5 Å². The molecule has 0 spiro atoms. The van der Waals surface area contributed by atoms with Crippen LogP contribution >= 0.6 is 46.4 Å². The number of rotatable bonds is 16. The molecule has 112 heavy (non-hydrogen) atoms. The fraction of sp³-hybridized carbons (Fsp3) is 0.179. The summed E-state index contributed by atoms with van der Waals surface area (Å²) in [5.74, 6) is -1.18. The first-order chi connectivity index (χ1) is 54.2. The van der Waals surface area contributed by atoms with Crippen LogP contribution in [0.1, 0.15) is 33.8 Å². The van der Waals surface area contributed by atoms with E-state index >= 15 is 0 Å². The predicted octanol–water partition coefficient (Wildman–Crippen LogP) is 15.2. The Morgan fingerprint density at radius 3 is 1.01 bits per heavy atom. The van der Waals surface area contributed by atoms with E-state index in [2.05, 4.69) is 81.8 Å². The number of phenols is 3. The Bertz CT molecular complexity index is 5420. The third-order valence-electron chi connectivity index (χ3n) is 19.2. The van der Waals surface area contributed by atoms with Crippen LogP contribution in [-0.2, 0) is 33.6 Å². The van der Waals surface area contributed by atoms with Gasteiger partial charge in [0.15, 0.2) is 34.8 Å². The summed E-state index contributed by atoms with van der Waals surface area (Å²) in [6, 6.07) is 52.8. The van der Waals surface area contributed by atoms with Gasteiger partial charge in [-0.25, -0.2) is 13.2 Å². The molecule has 3 saturated heterocycles. The van der Waals surface area contributed by atoms with Gasteiger partial charge in [-0.1, -0.05) is 175 Å². The van der Waals surface area contributed by atoms with Gasteiger partial charge in [0.2, 0.25) is 17.7 Å². The van der Waals surface area contributed by atoms with Gasteiger partial charge in [0, 0.05) is 151 Å². The minimum atomic E-state index is -0.727. The normalized spacial score (nSPS) is 13.4. The maximum absolute atomic E-state index is 14.8. The number of aromatic hydroxyl groups is 3. The number of amides is 3. The monoisotopic (exact) mass is 1590 g/mol. The lowest BCUT2D eigenvalue weighted by atomic mass is 9.97. The van der Waals surface area contributed by atoms with Gasteiger partial charge in [0.05, 0.1) is 38.3 Å². The molecule has 15 rings (SSSR count). The highest BCUT2D eigenvalue weighted by Gasteiger charge is 2.29. The Labute approximate surface area is 664 Å². The Morgan fingerprint density at radius 2 is 0.679 bits per heavy atom. The van der Waals surface area contributed by atoms with Gasteiger partial charge in [0.25, 0.3) is 0 Å². The molecule has 0 saturated carbocycles. The van der Waals surface area contributed by atoms with Crippen LogP contribution < -0.4 is 19.4 Å². The van der Waals surface area contributed by atoms with Gasteiger partial charge in [-0.3, -0.25) is 14.4 Å². The molecule has 3 aromatic heterocycles. The van der Waals surface area contributed by atoms with E-state index in [0.717, 1.165) is 72.3 Å². The predicted molar refractivity (Wildman–Crippen MR) is 434 cm³/mol. The zero-order chi connectivity index (χ0) is 79.1. The SMILES string of the molecule is C=CC(=O)N1CCN(c2nnc(Cc3ccccc3)c3cc(-c4c(O)cccc4F)c(Cl)cc23)CC1.C=CC(=O)N1CCN(c2nnc(Cc3ccccc3)c3cc(Cl)c(-c4c(O)cccc4F)cc23)CC1.C=CC(=O)N1CCN(c2nnc(Cc3ccccc3)c3cc(Cl)c(Cl)cc23)CC1.O[B]Oc1c(O)cccc1F. The minimum Gasteiger partial charge on any atom is -0.533 e. The lowest BCUT2D eigenvalue weighted by molar-refractivity contribution is -0.127. The van der Waals surface area contributed by atoms with Crippen molar-refractivity contribution in [3.05, 3.63) is 291 Å². The number of hydrogen-bond donors (Lipinski definition) is 4. The first-order valence-corrected chi connectivity index (χ1v) is 37.0. The quantitative estimate of drug-likeness (QED) is 0.0519. The molecule has 4 N–H and O–H groups in total. The highest BCUT2D eigenvalue weighted by atomic mass is 35.5. The second-order valence-corrected chi connectivity index (χ2v) is 27.7. The highest BCUT2D eigenvalue weighted by Crippen LogP contribution is 2.44. The standard InChI is InChI=1S/2C28H24ClFN4O2.C22H20Cl2N4O.C6H5BFO3/c1-2-26(36)33-11-13-34(14-12-33)28-20-16-21(27-23(30)9-6-10-25(27)35)22(29)17-19(20)24(31-32-28)15-18-7-4-3-5-8-18;1-2-26(36)33-11-13-34(14-12-33)28-20-17-22(29)21(27-23(30)9-6-10-25(27)35)16-19(20)24(31-32-28)15-18-7-4-3-5-8-18;1-2-21(29)27-8-10-28(11-9-27)22-17-14-19(24)18(23)13-16(17)20(25-26-22)12-15-6-4-3-5-7-15;8-4-2-1-3-5(9)6(4)11-7-10/h2*2-10,16-17,35H,1,11-15H2;2-7,13-14H,1,8-12H2;1-3,9-10H. The average molecular weight is 1590 g/mol. The molecule has 0 bridgehead atoms. The van der Waals surface area contributed by atoms with Crippen molar-refractivity contribution in [2.75, 3.05) is 93.2 Å². The average Bonchev–Trinajstić information content (AvgIpc) is 0.772. The number of hydrogen-bond acceptors (Lipinski definition) is 17. The van der Waals surface area contributed by atoms with Gasteiger partial charge in [-0.05, 0) is 108 Å². The largest absolute Gasteiger partial charge is 0.569 e. The topological polar surface area (TPSA) is 238 Å². The number of anilines is 3. The van der Waals surface area contributed by atoms with Crippen LogP contribution in [-0.4, -0.2) is 170 Å². The highest BCUT2D eigenvalue weighted by molar-refractivity contribution is 6.43. The first-order valence-electron chi connectivity index (χ1n) is 35.5. The number of fused-ring (bicyclic) bond motifs is 3. The van der Waals surface area contributed by atoms with E-state index in [4.69, 9.17) is 56.5 Å². The smallest absolute Gasteiger partial charge is 0.533 e. The molecule has 1 radical (unpaired) electrons. The molecular formula is C84H73BCl4F3N12O8. The van der Waals surface area contributed by atoms with Gasteiger partial charge in [-0.2, -0.15) is 15.3 Å². The second kappa shape index (κ2) is 36.8. The van der Waals surface area contributed by atoms with Crippen molar-refractivity contribution in [2.24, 2.45) is 0 Å². The van der Waals surface area contributed by atoms with E-state index in [-0.39, 0.29) is 51.8 Å². The van der Waals surface area contributed by atoms with Gasteiger partial charge >= 0.3 is 7.69 Å². The Kier molecular flexibility index (Phi) is 26.2. The van der Waals surface area contributed by atoms with Crippen LogP contribution in [0.4, 0.5) is 30.6 Å². The first kappa shape index (κ1) is 79.7. The molecule has 3 aliphatic rings. The third-order valence-corrected chi connectivity index (χ3v) is 20.6. The van der Waals surface area contributed by atoms with Crippen molar-refractivity contribution >= 4 is 122 Å². The zero-order valence-corrected chi connectivity index (χ0v) is 63.3. The van der Waals surface area contributed by atoms with E-state index in [9.17, 15) is 37.8 Å². The number of carbonyl (C=O) groups is 3. The molecule has 3 aliphatic heterocycles. The summed E-state index contributed by atoms with van der Waals surface area (Å²) in [6.07, 6.45) is 5.72. The van der Waals surface area contributed by atoms with Gasteiger partial charge in [0.1, 0.15) is 23.1 Å². The van der Waals surface area contributed by atoms with E-state index in [1.165, 1.54) is 66.8 Å². The van der Waals surface area contributed by atoms with Crippen LogP contribution in [0.2, 0.25) is 20.1 Å². The summed E-state index contributed by atoms with van der Waals surface area (Å²) in [4.78, 5) is 47.4. The molecule has 3 fully saturated rings. The van der Waals surface area contributed by atoms with E-state index in [1.54, 1.807) is 39.0 Å². The van der Waals surface area contributed by atoms with E-state index in [1.807, 2.05) is 91.0 Å². The number of nitrogens with zero attached hydrogens (tertiary/aromatic N) is 12. The number of para-hydroxylation sites is 1. The third kappa shape index (κ3) is 18.5. The summed E-state index contributed by atoms with van der Waals surface area (Å²) >= 11 is 26.0. The number of carbonyl (C=O) groups excluding carboxylic acids is 3. The second-order valence-electron chi connectivity index (χ2n) is 26.1. The number of halogens is 7. The van der Waals surface area contributed by atoms with Crippen molar-refractivity contribution in [1.82, 2.24) is 45.3 Å². The number of phenolic OH excluding ortho intramolecular Hbond substituents is 3. The van der Waals surface area contributed by atoms with Gasteiger partial charge in [-0.15, -0.1) is 15.3 Å².